The second-order valence-electron chi connectivity index (χ2n) is 6.64. The largest absolute Gasteiger partial charge is 0.459 e. The smallest absolute Gasteiger partial charge is 0.346 e. The highest BCUT2D eigenvalue weighted by Gasteiger charge is 2.39. The maximum Gasteiger partial charge on any atom is 0.346 e. The van der Waals surface area contributed by atoms with E-state index in [0.29, 0.717) is 23.5 Å². The molecule has 0 radical (unpaired) electrons. The van der Waals surface area contributed by atoms with Crippen LogP contribution >= 0.6 is 11.8 Å². The van der Waals surface area contributed by atoms with Gasteiger partial charge < -0.3 is 14.2 Å². The third-order valence-corrected chi connectivity index (χ3v) is 5.45. The number of esters is 2. The van der Waals surface area contributed by atoms with Crippen LogP contribution in [0.4, 0.5) is 0 Å². The zero-order valence-electron chi connectivity index (χ0n) is 13.7. The molecule has 0 aromatic carbocycles. The van der Waals surface area contributed by atoms with Crippen LogP contribution in [-0.4, -0.2) is 35.5 Å². The molecule has 6 heteroatoms. The minimum Gasteiger partial charge on any atom is -0.459 e. The monoisotopic (exact) mass is 330 g/mol. The Morgan fingerprint density at radius 2 is 1.95 bits per heavy atom. The third kappa shape index (κ3) is 4.62. The highest BCUT2D eigenvalue weighted by atomic mass is 32.2. The van der Waals surface area contributed by atoms with E-state index in [0.717, 1.165) is 12.8 Å². The lowest BCUT2D eigenvalue weighted by Crippen LogP contribution is -2.38. The van der Waals surface area contributed by atoms with Crippen molar-refractivity contribution >= 4 is 23.7 Å². The van der Waals surface area contributed by atoms with Crippen LogP contribution in [0.1, 0.15) is 47.0 Å². The van der Waals surface area contributed by atoms with E-state index in [-0.39, 0.29) is 12.1 Å². The minimum absolute atomic E-state index is 0.0341. The van der Waals surface area contributed by atoms with Crippen molar-refractivity contribution in [1.29, 1.82) is 0 Å². The maximum atomic E-state index is 12.3. The van der Waals surface area contributed by atoms with Gasteiger partial charge in [0.1, 0.15) is 6.10 Å². The summed E-state index contributed by atoms with van der Waals surface area (Å²) < 4.78 is 16.2. The molecule has 2 unspecified atom stereocenters. The molecule has 0 aromatic heterocycles. The molecule has 2 aliphatic rings. The molecule has 0 bridgehead atoms. The highest BCUT2D eigenvalue weighted by Crippen LogP contribution is 2.36. The second kappa shape index (κ2) is 7.68. The van der Waals surface area contributed by atoms with Gasteiger partial charge in [-0.15, -0.1) is 11.8 Å². The minimum atomic E-state index is -0.686. The first-order valence-corrected chi connectivity index (χ1v) is 9.06. The number of carbonyl (C=O) groups is 2. The first kappa shape index (κ1) is 17.6. The average Bonchev–Trinajstić information content (AvgIpc) is 2.86. The quantitative estimate of drug-likeness (QED) is 0.739. The van der Waals surface area contributed by atoms with Gasteiger partial charge in [0, 0.05) is 6.92 Å². The summed E-state index contributed by atoms with van der Waals surface area (Å²) in [6.07, 6.45) is 2.53. The molecule has 1 saturated heterocycles. The van der Waals surface area contributed by atoms with Crippen LogP contribution in [0.5, 0.6) is 0 Å². The Morgan fingerprint density at radius 3 is 2.59 bits per heavy atom. The summed E-state index contributed by atoms with van der Waals surface area (Å²) in [6, 6.07) is 0. The molecular weight excluding hydrogens is 304 g/mol. The molecule has 0 aromatic rings. The van der Waals surface area contributed by atoms with Crippen molar-refractivity contribution in [2.24, 2.45) is 17.8 Å². The fourth-order valence-electron chi connectivity index (χ4n) is 3.21. The van der Waals surface area contributed by atoms with Gasteiger partial charge in [0.2, 0.25) is 11.7 Å². The van der Waals surface area contributed by atoms with Crippen molar-refractivity contribution in [3.63, 3.8) is 0 Å². The summed E-state index contributed by atoms with van der Waals surface area (Å²) in [5.74, 6) is 1.21. The van der Waals surface area contributed by atoms with Gasteiger partial charge in [0.25, 0.3) is 0 Å². The van der Waals surface area contributed by atoms with Crippen molar-refractivity contribution in [3.8, 4) is 0 Å². The Labute approximate surface area is 136 Å². The predicted octanol–water partition coefficient (Wildman–Crippen LogP) is 2.97. The first-order chi connectivity index (χ1) is 10.4. The van der Waals surface area contributed by atoms with Gasteiger partial charge in [-0.05, 0) is 30.6 Å². The Balaban J connectivity index is 1.88. The van der Waals surface area contributed by atoms with Gasteiger partial charge >= 0.3 is 11.9 Å². The number of thioether (sulfide) groups is 1. The highest BCUT2D eigenvalue weighted by molar-refractivity contribution is 8.00. The van der Waals surface area contributed by atoms with E-state index in [9.17, 15) is 9.59 Å². The summed E-state index contributed by atoms with van der Waals surface area (Å²) in [6.45, 7) is 7.89. The fraction of sp³-hybridized carbons (Fsp3) is 0.875. The molecule has 22 heavy (non-hydrogen) atoms. The van der Waals surface area contributed by atoms with Gasteiger partial charge in [-0.25, -0.2) is 4.79 Å². The van der Waals surface area contributed by atoms with Crippen molar-refractivity contribution in [2.75, 3.05) is 5.75 Å². The van der Waals surface area contributed by atoms with Crippen LogP contribution in [0, 0.1) is 17.8 Å². The molecule has 5 atom stereocenters. The Bertz CT molecular complexity index is 411. The molecular formula is C16H26O5S. The average molecular weight is 330 g/mol. The number of hydrogen-bond donors (Lipinski definition) is 0. The number of rotatable bonds is 4. The molecule has 1 aliphatic carbocycles. The van der Waals surface area contributed by atoms with Crippen molar-refractivity contribution in [1.82, 2.24) is 0 Å². The van der Waals surface area contributed by atoms with Gasteiger partial charge in [-0.2, -0.15) is 0 Å². The lowest BCUT2D eigenvalue weighted by molar-refractivity contribution is -0.185. The predicted molar refractivity (Wildman–Crippen MR) is 84.1 cm³/mol. The topological polar surface area (TPSA) is 61.8 Å². The molecule has 2 rings (SSSR count). The van der Waals surface area contributed by atoms with Crippen LogP contribution in [0.25, 0.3) is 0 Å². The maximum absolute atomic E-state index is 12.3. The van der Waals surface area contributed by atoms with Gasteiger partial charge in [0.15, 0.2) is 0 Å². The molecule has 0 N–H and O–H groups in total. The van der Waals surface area contributed by atoms with Crippen molar-refractivity contribution in [3.05, 3.63) is 0 Å². The van der Waals surface area contributed by atoms with Gasteiger partial charge in [0.05, 0.1) is 5.75 Å². The Hall–Kier alpha value is -0.750. The van der Waals surface area contributed by atoms with E-state index >= 15 is 0 Å². The summed E-state index contributed by atoms with van der Waals surface area (Å²) in [7, 11) is 0. The Kier molecular flexibility index (Phi) is 6.15. The van der Waals surface area contributed by atoms with Crippen LogP contribution in [-0.2, 0) is 23.8 Å². The van der Waals surface area contributed by atoms with Crippen LogP contribution in [0.2, 0.25) is 0 Å². The number of ether oxygens (including phenoxy) is 3. The van der Waals surface area contributed by atoms with Crippen molar-refractivity contribution < 1.29 is 23.8 Å². The number of carbonyl (C=O) groups excluding carboxylic acids is 2. The summed E-state index contributed by atoms with van der Waals surface area (Å²) >= 11 is 1.33. The Morgan fingerprint density at radius 1 is 1.23 bits per heavy atom. The van der Waals surface area contributed by atoms with E-state index in [4.69, 9.17) is 14.2 Å². The molecule has 0 amide bonds. The first-order valence-electron chi connectivity index (χ1n) is 8.01. The number of hydrogen-bond acceptors (Lipinski definition) is 6. The molecule has 126 valence electrons. The van der Waals surface area contributed by atoms with E-state index < -0.39 is 17.7 Å². The zero-order chi connectivity index (χ0) is 16.3. The second-order valence-corrected chi connectivity index (χ2v) is 7.74. The molecule has 5 nitrogen and oxygen atoms in total. The summed E-state index contributed by atoms with van der Waals surface area (Å²) in [5, 5.41) is 0. The molecule has 2 fully saturated rings. The molecule has 1 saturated carbocycles. The standard InChI is InChI=1S/C16H26O5S/c1-9(2)12-6-5-10(3)7-13(12)20-15(18)16-21-14(8-22-16)19-11(4)17/h9-10,12-14,16H,5-8H2,1-4H3/t10-,12+,13-,14?,16?/m1/s1. The van der Waals surface area contributed by atoms with E-state index in [1.807, 2.05) is 0 Å². The molecule has 0 spiro atoms. The van der Waals surface area contributed by atoms with E-state index in [2.05, 4.69) is 20.8 Å². The van der Waals surface area contributed by atoms with E-state index in [1.54, 1.807) is 0 Å². The fourth-order valence-corrected chi connectivity index (χ4v) is 4.08. The van der Waals surface area contributed by atoms with Crippen LogP contribution in [0.3, 0.4) is 0 Å². The lowest BCUT2D eigenvalue weighted by atomic mass is 9.75. The molecule has 1 heterocycles. The molecule has 1 aliphatic heterocycles. The van der Waals surface area contributed by atoms with Crippen molar-refractivity contribution in [2.45, 2.75) is 64.8 Å². The normalized spacial score (nSPS) is 35.4. The SMILES string of the molecule is CC(=O)OC1CSC(C(=O)O[C@@H]2C[C@H](C)CC[C@H]2C(C)C)O1. The van der Waals surface area contributed by atoms with Crippen LogP contribution in [0.15, 0.2) is 0 Å². The van der Waals surface area contributed by atoms with E-state index in [1.165, 1.54) is 25.1 Å². The summed E-state index contributed by atoms with van der Waals surface area (Å²) in [5.41, 5.74) is -0.686. The third-order valence-electron chi connectivity index (χ3n) is 4.38. The van der Waals surface area contributed by atoms with Gasteiger partial charge in [-0.1, -0.05) is 27.2 Å². The lowest BCUT2D eigenvalue weighted by Gasteiger charge is -2.37. The van der Waals surface area contributed by atoms with Gasteiger partial charge in [-0.3, -0.25) is 4.79 Å². The zero-order valence-corrected chi connectivity index (χ0v) is 14.6. The summed E-state index contributed by atoms with van der Waals surface area (Å²) in [4.78, 5) is 23.2. The van der Waals surface area contributed by atoms with Crippen LogP contribution < -0.4 is 0 Å².